The van der Waals surface area contributed by atoms with Gasteiger partial charge in [0.15, 0.2) is 0 Å². The number of carboxylic acids is 1. The molecule has 2 N–H and O–H groups in total. The second-order valence-corrected chi connectivity index (χ2v) is 9.94. The van der Waals surface area contributed by atoms with Crippen LogP contribution < -0.4 is 5.32 Å². The number of hydrogen-bond acceptors (Lipinski definition) is 5. The largest absolute Gasteiger partial charge is 0.481 e. The molecule has 9 nitrogen and oxygen atoms in total. The van der Waals surface area contributed by atoms with Gasteiger partial charge in [0.25, 0.3) is 5.91 Å². The number of oxazole rings is 1. The minimum atomic E-state index is -0.939. The third kappa shape index (κ3) is 5.51. The van der Waals surface area contributed by atoms with E-state index >= 15 is 4.39 Å². The van der Waals surface area contributed by atoms with Crippen molar-refractivity contribution in [2.24, 2.45) is 7.05 Å². The van der Waals surface area contributed by atoms with Gasteiger partial charge in [-0.15, -0.1) is 0 Å². The van der Waals surface area contributed by atoms with Crippen LogP contribution >= 0.6 is 11.6 Å². The summed E-state index contributed by atoms with van der Waals surface area (Å²) in [4.78, 5) is 42.8. The Labute approximate surface area is 228 Å². The predicted molar refractivity (Wildman–Crippen MR) is 142 cm³/mol. The fraction of sp³-hybridized carbons (Fsp3) is 0.286. The van der Waals surface area contributed by atoms with Crippen LogP contribution in [-0.2, 0) is 29.5 Å². The first-order valence-corrected chi connectivity index (χ1v) is 12.9. The molecule has 0 spiro atoms. The highest BCUT2D eigenvalue weighted by atomic mass is 35.5. The van der Waals surface area contributed by atoms with Gasteiger partial charge in [-0.2, -0.15) is 0 Å². The van der Waals surface area contributed by atoms with E-state index in [0.29, 0.717) is 30.2 Å². The van der Waals surface area contributed by atoms with Crippen molar-refractivity contribution in [3.63, 3.8) is 0 Å². The van der Waals surface area contributed by atoms with Crippen LogP contribution in [0.25, 0.3) is 10.9 Å². The van der Waals surface area contributed by atoms with Crippen LogP contribution in [-0.4, -0.2) is 43.9 Å². The zero-order valence-electron chi connectivity index (χ0n) is 21.1. The van der Waals surface area contributed by atoms with E-state index in [2.05, 4.69) is 10.3 Å². The van der Waals surface area contributed by atoms with Gasteiger partial charge in [-0.25, -0.2) is 9.37 Å². The zero-order valence-corrected chi connectivity index (χ0v) is 21.9. The molecule has 11 heteroatoms. The number of nitrogens with zero attached hydrogens (tertiary/aromatic N) is 3. The number of benzene rings is 2. The summed E-state index contributed by atoms with van der Waals surface area (Å²) in [6, 6.07) is 9.52. The first kappa shape index (κ1) is 26.4. The van der Waals surface area contributed by atoms with Crippen molar-refractivity contribution in [3.05, 3.63) is 82.4 Å². The van der Waals surface area contributed by atoms with Gasteiger partial charge in [0, 0.05) is 37.1 Å². The lowest BCUT2D eigenvalue weighted by Gasteiger charge is -2.22. The van der Waals surface area contributed by atoms with Crippen molar-refractivity contribution in [3.8, 4) is 0 Å². The molecule has 3 heterocycles. The molecular formula is C28H26ClFN4O5. The zero-order chi connectivity index (χ0) is 27.7. The smallest absolute Gasteiger partial charge is 0.303 e. The summed E-state index contributed by atoms with van der Waals surface area (Å²) >= 11 is 6.40. The Hall–Kier alpha value is -4.18. The van der Waals surface area contributed by atoms with E-state index in [1.165, 1.54) is 12.3 Å². The Bertz CT molecular complexity index is 1580. The maximum Gasteiger partial charge on any atom is 0.303 e. The SMILES string of the molecule is Cn1cc(C(=O)Nc2cc(F)c(CC(=O)N3CCC[C@H]3c3ncc(CCC(=O)O)o3)cc2Cl)c2ccccc21. The number of carbonyl (C=O) groups is 3. The van der Waals surface area contributed by atoms with Gasteiger partial charge in [0.2, 0.25) is 11.8 Å². The van der Waals surface area contributed by atoms with Gasteiger partial charge in [-0.1, -0.05) is 29.8 Å². The average molecular weight is 553 g/mol. The monoisotopic (exact) mass is 552 g/mol. The van der Waals surface area contributed by atoms with Crippen molar-refractivity contribution < 1.29 is 28.3 Å². The number of amides is 2. The highest BCUT2D eigenvalue weighted by molar-refractivity contribution is 6.34. The number of rotatable bonds is 8. The molecule has 2 aromatic heterocycles. The number of aromatic nitrogens is 2. The standard InChI is InChI=1S/C28H26ClFN4O5/c1-33-15-19(18-5-2-3-6-23(18)33)27(38)32-22-13-21(30)16(11-20(22)29)12-25(35)34-10-4-7-24(34)28-31-14-17(39-28)8-9-26(36)37/h2-3,5-6,11,13-15,24H,4,7-10,12H2,1H3,(H,32,38)(H,36,37)/t24-/m0/s1. The van der Waals surface area contributed by atoms with Crippen LogP contribution in [0.3, 0.4) is 0 Å². The average Bonchev–Trinajstić information content (AvgIpc) is 3.64. The number of carboxylic acid groups (broad SMARTS) is 1. The first-order chi connectivity index (χ1) is 18.7. The van der Waals surface area contributed by atoms with Gasteiger partial charge < -0.3 is 24.3 Å². The van der Waals surface area contributed by atoms with Crippen LogP contribution in [0, 0.1) is 5.82 Å². The second kappa shape index (κ2) is 10.9. The summed E-state index contributed by atoms with van der Waals surface area (Å²) in [5.74, 6) is -1.57. The Kier molecular flexibility index (Phi) is 7.38. The summed E-state index contributed by atoms with van der Waals surface area (Å²) < 4.78 is 22.6. The summed E-state index contributed by atoms with van der Waals surface area (Å²) in [7, 11) is 1.84. The van der Waals surface area contributed by atoms with E-state index in [9.17, 15) is 14.4 Å². The number of aryl methyl sites for hydroxylation is 2. The number of para-hydroxylation sites is 1. The number of hydrogen-bond donors (Lipinski definition) is 2. The molecule has 1 saturated heterocycles. The first-order valence-electron chi connectivity index (χ1n) is 12.5. The van der Waals surface area contributed by atoms with Gasteiger partial charge in [0.05, 0.1) is 35.3 Å². The van der Waals surface area contributed by atoms with E-state index in [-0.39, 0.29) is 41.4 Å². The summed E-state index contributed by atoms with van der Waals surface area (Å²) in [5, 5.41) is 12.4. The summed E-state index contributed by atoms with van der Waals surface area (Å²) in [5.41, 5.74) is 1.53. The summed E-state index contributed by atoms with van der Waals surface area (Å²) in [6.45, 7) is 0.463. The number of anilines is 1. The summed E-state index contributed by atoms with van der Waals surface area (Å²) in [6.07, 6.45) is 4.43. The molecule has 5 rings (SSSR count). The molecule has 1 aliphatic rings. The molecular weight excluding hydrogens is 527 g/mol. The lowest BCUT2D eigenvalue weighted by atomic mass is 10.1. The molecule has 2 aromatic carbocycles. The molecule has 0 aliphatic carbocycles. The van der Waals surface area contributed by atoms with Gasteiger partial charge in [-0.3, -0.25) is 14.4 Å². The Balaban J connectivity index is 1.28. The third-order valence-corrected chi connectivity index (χ3v) is 7.20. The lowest BCUT2D eigenvalue weighted by Crippen LogP contribution is -2.32. The van der Waals surface area contributed by atoms with Crippen LogP contribution in [0.4, 0.5) is 10.1 Å². The highest BCUT2D eigenvalue weighted by Gasteiger charge is 2.33. The minimum absolute atomic E-state index is 0.0830. The number of halogens is 2. The van der Waals surface area contributed by atoms with Crippen molar-refractivity contribution in [1.82, 2.24) is 14.5 Å². The molecule has 39 heavy (non-hydrogen) atoms. The number of carbonyl (C=O) groups excluding carboxylic acids is 2. The molecule has 0 bridgehead atoms. The van der Waals surface area contributed by atoms with Gasteiger partial charge in [0.1, 0.15) is 17.6 Å². The Morgan fingerprint density at radius 2 is 2.05 bits per heavy atom. The van der Waals surface area contributed by atoms with Crippen LogP contribution in [0.1, 0.15) is 52.9 Å². The van der Waals surface area contributed by atoms with E-state index in [4.69, 9.17) is 21.1 Å². The quantitative estimate of drug-likeness (QED) is 0.313. The molecule has 2 amide bonds. The van der Waals surface area contributed by atoms with Crippen molar-refractivity contribution in [2.75, 3.05) is 11.9 Å². The highest BCUT2D eigenvalue weighted by Crippen LogP contribution is 2.33. The number of nitrogens with one attached hydrogen (secondary N) is 1. The molecule has 0 saturated carbocycles. The van der Waals surface area contributed by atoms with E-state index < -0.39 is 23.7 Å². The molecule has 1 fully saturated rings. The molecule has 1 atom stereocenters. The van der Waals surface area contributed by atoms with Crippen LogP contribution in [0.15, 0.2) is 53.2 Å². The predicted octanol–water partition coefficient (Wildman–Crippen LogP) is 5.13. The molecule has 0 unspecified atom stereocenters. The van der Waals surface area contributed by atoms with Crippen LogP contribution in [0.5, 0.6) is 0 Å². The normalized spacial score (nSPS) is 15.2. The molecule has 202 valence electrons. The number of aliphatic carboxylic acids is 1. The molecule has 0 radical (unpaired) electrons. The van der Waals surface area contributed by atoms with Crippen molar-refractivity contribution in [1.29, 1.82) is 0 Å². The van der Waals surface area contributed by atoms with Crippen molar-refractivity contribution in [2.45, 2.75) is 38.1 Å². The van der Waals surface area contributed by atoms with Gasteiger partial charge in [-0.05, 0) is 36.6 Å². The third-order valence-electron chi connectivity index (χ3n) is 6.88. The second-order valence-electron chi connectivity index (χ2n) is 9.53. The fourth-order valence-corrected chi connectivity index (χ4v) is 5.17. The topological polar surface area (TPSA) is 118 Å². The van der Waals surface area contributed by atoms with Crippen LogP contribution in [0.2, 0.25) is 5.02 Å². The number of likely N-dealkylation sites (tertiary alicyclic amines) is 1. The van der Waals surface area contributed by atoms with Gasteiger partial charge >= 0.3 is 5.97 Å². The molecule has 4 aromatic rings. The maximum absolute atomic E-state index is 15.1. The van der Waals surface area contributed by atoms with E-state index in [1.807, 2.05) is 35.9 Å². The van der Waals surface area contributed by atoms with E-state index in [0.717, 1.165) is 23.4 Å². The Morgan fingerprint density at radius 3 is 2.85 bits per heavy atom. The number of fused-ring (bicyclic) bond motifs is 1. The Morgan fingerprint density at radius 1 is 1.26 bits per heavy atom. The lowest BCUT2D eigenvalue weighted by molar-refractivity contribution is -0.137. The van der Waals surface area contributed by atoms with Crippen molar-refractivity contribution >= 4 is 46.0 Å². The molecule has 1 aliphatic heterocycles. The fourth-order valence-electron chi connectivity index (χ4n) is 4.94. The van der Waals surface area contributed by atoms with E-state index in [1.54, 1.807) is 11.1 Å². The minimum Gasteiger partial charge on any atom is -0.481 e. The maximum atomic E-state index is 15.1.